The summed E-state index contributed by atoms with van der Waals surface area (Å²) in [4.78, 5) is 15.5. The molecule has 0 aliphatic rings. The average molecular weight is 522 g/mol. The molecule has 0 unspecified atom stereocenters. The zero-order valence-electron chi connectivity index (χ0n) is 23.1. The van der Waals surface area contributed by atoms with Gasteiger partial charge in [-0.05, 0) is 36.5 Å². The molecule has 0 fully saturated rings. The number of aromatic nitrogens is 3. The van der Waals surface area contributed by atoms with E-state index in [-0.39, 0.29) is 7.43 Å². The van der Waals surface area contributed by atoms with Crippen LogP contribution in [0.2, 0.25) is 0 Å². The number of pyridine rings is 1. The molecule has 5 rings (SSSR count). The third-order valence-corrected chi connectivity index (χ3v) is 6.98. The second-order valence-electron chi connectivity index (χ2n) is 10.5. The molecule has 0 N–H and O–H groups in total. The zero-order chi connectivity index (χ0) is 26.5. The molecule has 0 saturated heterocycles. The summed E-state index contributed by atoms with van der Waals surface area (Å²) in [5, 5.41) is 1.16. The summed E-state index contributed by atoms with van der Waals surface area (Å²) in [6.07, 6.45) is 1.08. The van der Waals surface area contributed by atoms with Crippen molar-refractivity contribution in [2.45, 2.75) is 61.2 Å². The van der Waals surface area contributed by atoms with Crippen molar-refractivity contribution in [1.82, 2.24) is 14.5 Å². The second-order valence-corrected chi connectivity index (χ2v) is 10.5. The van der Waals surface area contributed by atoms with Gasteiger partial charge in [0.05, 0.1) is 11.0 Å². The minimum Gasteiger partial charge on any atom is -0.346 e. The van der Waals surface area contributed by atoms with E-state index in [0.717, 1.165) is 67.3 Å². The summed E-state index contributed by atoms with van der Waals surface area (Å²) in [7, 11) is 0. The first-order chi connectivity index (χ1) is 18.6. The fourth-order valence-corrected chi connectivity index (χ4v) is 5.29. The number of hydrogen-bond donors (Lipinski definition) is 0. The van der Waals surface area contributed by atoms with E-state index in [0.29, 0.717) is 5.92 Å². The van der Waals surface area contributed by atoms with Gasteiger partial charge >= 0.3 is 0 Å². The van der Waals surface area contributed by atoms with Gasteiger partial charge in [0.2, 0.25) is 5.95 Å². The van der Waals surface area contributed by atoms with Crippen LogP contribution in [-0.4, -0.2) is 27.6 Å². The number of hydrogen-bond acceptors (Lipinski definition) is 4. The van der Waals surface area contributed by atoms with Gasteiger partial charge in [-0.2, -0.15) is 0 Å². The Morgan fingerprint density at radius 3 is 1.90 bits per heavy atom. The minimum atomic E-state index is 0. The predicted molar refractivity (Wildman–Crippen MR) is 168 cm³/mol. The third kappa shape index (κ3) is 6.08. The van der Waals surface area contributed by atoms with Gasteiger partial charge in [-0.1, -0.05) is 107 Å². The van der Waals surface area contributed by atoms with Crippen molar-refractivity contribution in [2.75, 3.05) is 22.9 Å². The molecule has 0 saturated carbocycles. The molecule has 0 atom stereocenters. The SMILES string of the molecule is C.CCCN(CC)c1nc2c(N(Cc3ccccc3)Cc3ccccc3)nc3ccccc3c2n1CC(C)C. The maximum Gasteiger partial charge on any atom is 0.206 e. The third-order valence-electron chi connectivity index (χ3n) is 6.98. The lowest BCUT2D eigenvalue weighted by molar-refractivity contribution is 0.528. The molecule has 5 nitrogen and oxygen atoms in total. The Hall–Kier alpha value is -3.86. The Bertz CT molecular complexity index is 1430. The highest BCUT2D eigenvalue weighted by Gasteiger charge is 2.24. The molecule has 3 aromatic carbocycles. The number of para-hydroxylation sites is 1. The molecule has 39 heavy (non-hydrogen) atoms. The van der Waals surface area contributed by atoms with Gasteiger partial charge in [0, 0.05) is 38.1 Å². The monoisotopic (exact) mass is 521 g/mol. The molecule has 5 heteroatoms. The molecule has 2 heterocycles. The van der Waals surface area contributed by atoms with Crippen LogP contribution in [0.25, 0.3) is 21.9 Å². The largest absolute Gasteiger partial charge is 0.346 e. The Labute approximate surface area is 234 Å². The lowest BCUT2D eigenvalue weighted by Gasteiger charge is -2.25. The highest BCUT2D eigenvalue weighted by Crippen LogP contribution is 2.36. The molecule has 204 valence electrons. The van der Waals surface area contributed by atoms with Crippen LogP contribution in [0.5, 0.6) is 0 Å². The van der Waals surface area contributed by atoms with Crippen LogP contribution in [0.3, 0.4) is 0 Å². The molecule has 2 aromatic heterocycles. The number of fused-ring (bicyclic) bond motifs is 3. The van der Waals surface area contributed by atoms with Crippen LogP contribution in [0.15, 0.2) is 84.9 Å². The van der Waals surface area contributed by atoms with Crippen LogP contribution in [0, 0.1) is 5.92 Å². The number of imidazole rings is 1. The van der Waals surface area contributed by atoms with Gasteiger partial charge in [0.15, 0.2) is 5.82 Å². The van der Waals surface area contributed by atoms with E-state index in [1.54, 1.807) is 0 Å². The van der Waals surface area contributed by atoms with Gasteiger partial charge in [0.1, 0.15) is 5.52 Å². The van der Waals surface area contributed by atoms with Crippen LogP contribution in [-0.2, 0) is 19.6 Å². The smallest absolute Gasteiger partial charge is 0.206 e. The van der Waals surface area contributed by atoms with E-state index in [1.165, 1.54) is 16.6 Å². The lowest BCUT2D eigenvalue weighted by Crippen LogP contribution is -2.27. The van der Waals surface area contributed by atoms with Crippen molar-refractivity contribution in [2.24, 2.45) is 5.92 Å². The lowest BCUT2D eigenvalue weighted by atomic mass is 10.1. The van der Waals surface area contributed by atoms with Crippen LogP contribution < -0.4 is 9.80 Å². The van der Waals surface area contributed by atoms with E-state index in [2.05, 4.69) is 127 Å². The number of nitrogens with zero attached hydrogens (tertiary/aromatic N) is 5. The number of anilines is 2. The van der Waals surface area contributed by atoms with E-state index in [4.69, 9.17) is 9.97 Å². The van der Waals surface area contributed by atoms with E-state index < -0.39 is 0 Å². The normalized spacial score (nSPS) is 11.2. The summed E-state index contributed by atoms with van der Waals surface area (Å²) in [5.41, 5.74) is 5.70. The summed E-state index contributed by atoms with van der Waals surface area (Å²) >= 11 is 0. The van der Waals surface area contributed by atoms with Crippen molar-refractivity contribution in [1.29, 1.82) is 0 Å². The van der Waals surface area contributed by atoms with Gasteiger partial charge in [-0.15, -0.1) is 0 Å². The molecule has 5 aromatic rings. The van der Waals surface area contributed by atoms with Crippen LogP contribution in [0.4, 0.5) is 11.8 Å². The fraction of sp³-hybridized carbons (Fsp3) is 0.353. The van der Waals surface area contributed by atoms with Gasteiger partial charge in [0.25, 0.3) is 0 Å². The van der Waals surface area contributed by atoms with Crippen molar-refractivity contribution in [3.05, 3.63) is 96.1 Å². The summed E-state index contributed by atoms with van der Waals surface area (Å²) in [6.45, 7) is 13.4. The standard InChI is InChI=1S/C33H39N5.CH4/c1-5-21-36(6-2)33-35-30-31(38(33)22-25(3)4)28-19-13-14-20-29(28)34-32(30)37(23-26-15-9-7-10-16-26)24-27-17-11-8-12-18-27;/h7-20,25H,5-6,21-24H2,1-4H3;1H4. The highest BCUT2D eigenvalue weighted by molar-refractivity contribution is 6.08. The Balaban J connectivity index is 0.00000353. The van der Waals surface area contributed by atoms with Crippen LogP contribution in [0.1, 0.15) is 52.7 Å². The van der Waals surface area contributed by atoms with Gasteiger partial charge in [-0.25, -0.2) is 9.97 Å². The van der Waals surface area contributed by atoms with Crippen molar-refractivity contribution in [3.63, 3.8) is 0 Å². The average Bonchev–Trinajstić information content (AvgIpc) is 3.30. The van der Waals surface area contributed by atoms with Gasteiger partial charge in [-0.3, -0.25) is 0 Å². The molecule has 0 spiro atoms. The molecule has 0 bridgehead atoms. The first-order valence-corrected chi connectivity index (χ1v) is 14.0. The molecule has 0 amide bonds. The summed E-state index contributed by atoms with van der Waals surface area (Å²) in [6, 6.07) is 29.9. The van der Waals surface area contributed by atoms with E-state index >= 15 is 0 Å². The maximum atomic E-state index is 5.39. The van der Waals surface area contributed by atoms with Crippen LogP contribution >= 0.6 is 0 Å². The number of benzene rings is 3. The first-order valence-electron chi connectivity index (χ1n) is 14.0. The molecular formula is C34H43N5. The van der Waals surface area contributed by atoms with Crippen molar-refractivity contribution in [3.8, 4) is 0 Å². The highest BCUT2D eigenvalue weighted by atomic mass is 15.3. The molecule has 0 aliphatic carbocycles. The van der Waals surface area contributed by atoms with E-state index in [9.17, 15) is 0 Å². The second kappa shape index (κ2) is 12.8. The molecular weight excluding hydrogens is 478 g/mol. The van der Waals surface area contributed by atoms with Gasteiger partial charge < -0.3 is 14.4 Å². The Morgan fingerprint density at radius 1 is 0.744 bits per heavy atom. The van der Waals surface area contributed by atoms with Crippen molar-refractivity contribution >= 4 is 33.7 Å². The molecule has 0 aliphatic heterocycles. The maximum absolute atomic E-state index is 5.39. The summed E-state index contributed by atoms with van der Waals surface area (Å²) < 4.78 is 2.45. The quantitative estimate of drug-likeness (QED) is 0.175. The van der Waals surface area contributed by atoms with E-state index in [1.807, 2.05) is 0 Å². The Morgan fingerprint density at radius 2 is 1.33 bits per heavy atom. The topological polar surface area (TPSA) is 37.2 Å². The summed E-state index contributed by atoms with van der Waals surface area (Å²) in [5.74, 6) is 2.49. The fourth-order valence-electron chi connectivity index (χ4n) is 5.29. The number of rotatable bonds is 11. The minimum absolute atomic E-state index is 0. The zero-order valence-corrected chi connectivity index (χ0v) is 23.1. The first kappa shape index (κ1) is 28.2. The van der Waals surface area contributed by atoms with Crippen molar-refractivity contribution < 1.29 is 0 Å². The Kier molecular flexibility index (Phi) is 9.23. The predicted octanol–water partition coefficient (Wildman–Crippen LogP) is 8.32. The molecule has 0 radical (unpaired) electrons.